The van der Waals surface area contributed by atoms with Crippen LogP contribution in [0.25, 0.3) is 0 Å². The molecule has 0 fully saturated rings. The van der Waals surface area contributed by atoms with Crippen LogP contribution in [0.2, 0.25) is 0 Å². The fourth-order valence-electron chi connectivity index (χ4n) is 3.52. The van der Waals surface area contributed by atoms with Crippen LogP contribution in [0.5, 0.6) is 0 Å². The molecule has 3 nitrogen and oxygen atoms in total. The van der Waals surface area contributed by atoms with E-state index in [9.17, 15) is 9.90 Å². The molecule has 4 rings (SSSR count). The molecular weight excluding hydrogens is 250 g/mol. The standard InChI is InChI=1S/C17H15NO2/c1-10-16(19)13-8-4-2-6-11(13)15-12-7-3-5-9-14(12)17(20)18(10)15/h2-10,15-16,19H,1H3/t10-,15+,16-/m1/s1. The van der Waals surface area contributed by atoms with E-state index >= 15 is 0 Å². The minimum Gasteiger partial charge on any atom is -0.386 e. The molecule has 2 aromatic carbocycles. The molecule has 0 radical (unpaired) electrons. The first-order chi connectivity index (χ1) is 9.70. The minimum atomic E-state index is -0.624. The topological polar surface area (TPSA) is 40.5 Å². The molecule has 0 unspecified atom stereocenters. The van der Waals surface area contributed by atoms with Crippen molar-refractivity contribution in [2.45, 2.75) is 25.1 Å². The zero-order valence-corrected chi connectivity index (χ0v) is 11.2. The second kappa shape index (κ2) is 3.93. The average Bonchev–Trinajstić information content (AvgIpc) is 2.79. The Morgan fingerprint density at radius 1 is 0.950 bits per heavy atom. The van der Waals surface area contributed by atoms with Crippen molar-refractivity contribution in [3.05, 3.63) is 70.8 Å². The van der Waals surface area contributed by atoms with Crippen LogP contribution in [0.15, 0.2) is 48.5 Å². The lowest BCUT2D eigenvalue weighted by atomic mass is 9.85. The van der Waals surface area contributed by atoms with Crippen LogP contribution in [-0.2, 0) is 0 Å². The summed E-state index contributed by atoms with van der Waals surface area (Å²) in [5.41, 5.74) is 3.78. The molecule has 2 aliphatic heterocycles. The van der Waals surface area contributed by atoms with E-state index in [4.69, 9.17) is 0 Å². The van der Waals surface area contributed by atoms with Gasteiger partial charge in [-0.15, -0.1) is 0 Å². The first kappa shape index (κ1) is 11.7. The highest BCUT2D eigenvalue weighted by Gasteiger charge is 2.46. The maximum Gasteiger partial charge on any atom is 0.255 e. The quantitative estimate of drug-likeness (QED) is 0.795. The Hall–Kier alpha value is -2.13. The van der Waals surface area contributed by atoms with Crippen molar-refractivity contribution in [3.63, 3.8) is 0 Å². The SMILES string of the molecule is C[C@@H]1[C@@H](O)c2ccccc2[C@H]2c3ccccc3C(=O)N21. The molecule has 2 aliphatic rings. The van der Waals surface area contributed by atoms with Crippen LogP contribution in [0.3, 0.4) is 0 Å². The molecule has 0 spiro atoms. The van der Waals surface area contributed by atoms with Gasteiger partial charge in [0.05, 0.1) is 18.2 Å². The average molecular weight is 265 g/mol. The van der Waals surface area contributed by atoms with E-state index in [2.05, 4.69) is 0 Å². The highest BCUT2D eigenvalue weighted by atomic mass is 16.3. The van der Waals surface area contributed by atoms with Gasteiger partial charge in [0.2, 0.25) is 0 Å². The number of carbonyl (C=O) groups excluding carboxylic acids is 1. The van der Waals surface area contributed by atoms with E-state index in [0.717, 1.165) is 22.3 Å². The summed E-state index contributed by atoms with van der Waals surface area (Å²) < 4.78 is 0. The van der Waals surface area contributed by atoms with Gasteiger partial charge in [-0.25, -0.2) is 0 Å². The molecule has 0 saturated carbocycles. The first-order valence-electron chi connectivity index (χ1n) is 6.88. The molecule has 2 aromatic rings. The molecule has 0 bridgehead atoms. The van der Waals surface area contributed by atoms with Crippen LogP contribution in [0.4, 0.5) is 0 Å². The molecule has 0 aliphatic carbocycles. The van der Waals surface area contributed by atoms with Gasteiger partial charge in [-0.05, 0) is 29.7 Å². The fourth-order valence-corrected chi connectivity index (χ4v) is 3.52. The van der Waals surface area contributed by atoms with E-state index in [1.54, 1.807) is 0 Å². The van der Waals surface area contributed by atoms with Crippen molar-refractivity contribution in [2.75, 3.05) is 0 Å². The Bertz CT molecular complexity index is 710. The maximum absolute atomic E-state index is 12.6. The number of fused-ring (bicyclic) bond motifs is 5. The smallest absolute Gasteiger partial charge is 0.255 e. The van der Waals surface area contributed by atoms with Crippen molar-refractivity contribution in [2.24, 2.45) is 0 Å². The van der Waals surface area contributed by atoms with Crippen LogP contribution < -0.4 is 0 Å². The number of aliphatic hydroxyl groups is 1. The van der Waals surface area contributed by atoms with Gasteiger partial charge in [-0.2, -0.15) is 0 Å². The van der Waals surface area contributed by atoms with Crippen LogP contribution in [0, 0.1) is 0 Å². The van der Waals surface area contributed by atoms with Gasteiger partial charge in [0.1, 0.15) is 0 Å². The van der Waals surface area contributed by atoms with Gasteiger partial charge < -0.3 is 10.0 Å². The summed E-state index contributed by atoms with van der Waals surface area (Å²) in [4.78, 5) is 14.4. The van der Waals surface area contributed by atoms with Gasteiger partial charge in [-0.3, -0.25) is 4.79 Å². The van der Waals surface area contributed by atoms with E-state index < -0.39 is 6.10 Å². The zero-order chi connectivity index (χ0) is 13.9. The minimum absolute atomic E-state index is 0.0200. The highest BCUT2D eigenvalue weighted by Crippen LogP contribution is 2.47. The number of benzene rings is 2. The lowest BCUT2D eigenvalue weighted by Crippen LogP contribution is -2.44. The van der Waals surface area contributed by atoms with Gasteiger partial charge >= 0.3 is 0 Å². The second-order valence-electron chi connectivity index (χ2n) is 5.52. The summed E-state index contributed by atoms with van der Waals surface area (Å²) in [6.45, 7) is 1.91. The predicted molar refractivity (Wildman–Crippen MR) is 75.3 cm³/mol. The third-order valence-corrected chi connectivity index (χ3v) is 4.50. The van der Waals surface area contributed by atoms with E-state index in [0.29, 0.717) is 0 Å². The second-order valence-corrected chi connectivity index (χ2v) is 5.52. The molecular formula is C17H15NO2. The zero-order valence-electron chi connectivity index (χ0n) is 11.2. The molecule has 3 atom stereocenters. The molecule has 100 valence electrons. The Labute approximate surface area is 117 Å². The van der Waals surface area contributed by atoms with Gasteiger partial charge in [-0.1, -0.05) is 42.5 Å². The fraction of sp³-hybridized carbons (Fsp3) is 0.235. The summed E-state index contributed by atoms with van der Waals surface area (Å²) >= 11 is 0. The van der Waals surface area contributed by atoms with Crippen LogP contribution >= 0.6 is 0 Å². The van der Waals surface area contributed by atoms with Gasteiger partial charge in [0, 0.05) is 5.56 Å². The Morgan fingerprint density at radius 2 is 1.55 bits per heavy atom. The number of hydrogen-bond acceptors (Lipinski definition) is 2. The number of rotatable bonds is 0. The van der Waals surface area contributed by atoms with Crippen LogP contribution in [0.1, 0.15) is 46.1 Å². The van der Waals surface area contributed by atoms with Crippen molar-refractivity contribution in [3.8, 4) is 0 Å². The monoisotopic (exact) mass is 265 g/mol. The Morgan fingerprint density at radius 3 is 2.30 bits per heavy atom. The van der Waals surface area contributed by atoms with Crippen molar-refractivity contribution >= 4 is 5.91 Å². The Kier molecular flexibility index (Phi) is 2.30. The first-order valence-corrected chi connectivity index (χ1v) is 6.88. The van der Waals surface area contributed by atoms with E-state index in [1.165, 1.54) is 0 Å². The largest absolute Gasteiger partial charge is 0.386 e. The number of amides is 1. The summed E-state index contributed by atoms with van der Waals surface area (Å²) in [5.74, 6) is 0.0200. The molecule has 1 amide bonds. The summed E-state index contributed by atoms with van der Waals surface area (Å²) in [6.07, 6.45) is -0.624. The molecule has 20 heavy (non-hydrogen) atoms. The van der Waals surface area contributed by atoms with Gasteiger partial charge in [0.25, 0.3) is 5.91 Å². The third kappa shape index (κ3) is 1.30. The van der Waals surface area contributed by atoms with E-state index in [1.807, 2.05) is 60.4 Å². The molecule has 3 heteroatoms. The Balaban J connectivity index is 2.01. The van der Waals surface area contributed by atoms with Crippen molar-refractivity contribution in [1.29, 1.82) is 0 Å². The van der Waals surface area contributed by atoms with E-state index in [-0.39, 0.29) is 18.0 Å². The van der Waals surface area contributed by atoms with Crippen molar-refractivity contribution < 1.29 is 9.90 Å². The lowest BCUT2D eigenvalue weighted by molar-refractivity contribution is 0.0258. The van der Waals surface area contributed by atoms with Crippen molar-refractivity contribution in [1.82, 2.24) is 4.90 Å². The molecule has 0 aromatic heterocycles. The number of carbonyl (C=O) groups is 1. The summed E-state index contributed by atoms with van der Waals surface area (Å²) in [5, 5.41) is 10.5. The maximum atomic E-state index is 12.6. The highest BCUT2D eigenvalue weighted by molar-refractivity contribution is 6.00. The molecule has 0 saturated heterocycles. The van der Waals surface area contributed by atoms with Crippen LogP contribution in [-0.4, -0.2) is 22.0 Å². The molecule has 1 N–H and O–H groups in total. The number of nitrogens with zero attached hydrogens (tertiary/aromatic N) is 1. The lowest BCUT2D eigenvalue weighted by Gasteiger charge is -2.40. The number of aliphatic hydroxyl groups excluding tert-OH is 1. The number of hydrogen-bond donors (Lipinski definition) is 1. The normalized spacial score (nSPS) is 27.0. The summed E-state index contributed by atoms with van der Waals surface area (Å²) in [7, 11) is 0. The summed E-state index contributed by atoms with van der Waals surface area (Å²) in [6, 6.07) is 15.3. The predicted octanol–water partition coefficient (Wildman–Crippen LogP) is 2.67. The van der Waals surface area contributed by atoms with Gasteiger partial charge in [0.15, 0.2) is 0 Å². The molecule has 2 heterocycles. The third-order valence-electron chi connectivity index (χ3n) is 4.50.